The van der Waals surface area contributed by atoms with Gasteiger partial charge in [0.05, 0.1) is 5.56 Å². The zero-order valence-electron chi connectivity index (χ0n) is 17.4. The Morgan fingerprint density at radius 3 is 2.24 bits per heavy atom. The quantitative estimate of drug-likeness (QED) is 0.532. The third-order valence-electron chi connectivity index (χ3n) is 6.56. The van der Waals surface area contributed by atoms with Crippen LogP contribution in [0.3, 0.4) is 0 Å². The molecule has 0 bridgehead atoms. The second-order valence-electron chi connectivity index (χ2n) is 9.42. The van der Waals surface area contributed by atoms with Crippen LogP contribution in [-0.4, -0.2) is 17.4 Å². The van der Waals surface area contributed by atoms with Gasteiger partial charge in [0.25, 0.3) is 0 Å². The molecule has 1 aliphatic carbocycles. The second-order valence-corrected chi connectivity index (χ2v) is 9.42. The van der Waals surface area contributed by atoms with Gasteiger partial charge in [0.1, 0.15) is 6.29 Å². The van der Waals surface area contributed by atoms with Crippen LogP contribution in [0.1, 0.15) is 72.4 Å². The summed E-state index contributed by atoms with van der Waals surface area (Å²) in [6.45, 7) is 9.10. The van der Waals surface area contributed by atoms with Crippen LogP contribution >= 0.6 is 0 Å². The minimum Gasteiger partial charge on any atom is -0.478 e. The van der Waals surface area contributed by atoms with E-state index in [0.29, 0.717) is 16.5 Å². The number of carboxylic acid groups (broad SMARTS) is 1. The van der Waals surface area contributed by atoms with E-state index in [1.54, 1.807) is 18.2 Å². The molecule has 0 aromatic heterocycles. The van der Waals surface area contributed by atoms with E-state index < -0.39 is 5.97 Å². The van der Waals surface area contributed by atoms with Gasteiger partial charge >= 0.3 is 5.97 Å². The normalized spacial score (nSPS) is 17.0. The van der Waals surface area contributed by atoms with E-state index in [-0.39, 0.29) is 16.4 Å². The SMILES string of the molecule is CC1(C)CCC(C)(C)c2cc(-c3ccc4cc(C=O)ccc4c3C(=O)O)ccc21. The lowest BCUT2D eigenvalue weighted by Crippen LogP contribution is -2.33. The van der Waals surface area contributed by atoms with Crippen molar-refractivity contribution in [1.82, 2.24) is 0 Å². The Balaban J connectivity index is 1.97. The van der Waals surface area contributed by atoms with Crippen LogP contribution in [0.2, 0.25) is 0 Å². The molecule has 29 heavy (non-hydrogen) atoms. The first-order valence-corrected chi connectivity index (χ1v) is 10.0. The van der Waals surface area contributed by atoms with Crippen LogP contribution in [0.5, 0.6) is 0 Å². The van der Waals surface area contributed by atoms with E-state index in [1.165, 1.54) is 11.1 Å². The van der Waals surface area contributed by atoms with Gasteiger partial charge in [-0.2, -0.15) is 0 Å². The highest BCUT2D eigenvalue weighted by molar-refractivity contribution is 6.10. The minimum absolute atomic E-state index is 0.0555. The second kappa shape index (κ2) is 6.55. The first-order chi connectivity index (χ1) is 13.6. The summed E-state index contributed by atoms with van der Waals surface area (Å²) in [5, 5.41) is 11.4. The minimum atomic E-state index is -0.957. The maximum Gasteiger partial charge on any atom is 0.336 e. The highest BCUT2D eigenvalue weighted by atomic mass is 16.4. The molecule has 0 atom stereocenters. The molecule has 148 valence electrons. The first kappa shape index (κ1) is 19.4. The largest absolute Gasteiger partial charge is 0.478 e. The molecule has 0 radical (unpaired) electrons. The predicted molar refractivity (Wildman–Crippen MR) is 117 cm³/mol. The number of rotatable bonds is 3. The molecular formula is C26H26O3. The maximum absolute atomic E-state index is 12.2. The third-order valence-corrected chi connectivity index (χ3v) is 6.56. The molecule has 0 saturated carbocycles. The smallest absolute Gasteiger partial charge is 0.336 e. The van der Waals surface area contributed by atoms with Crippen molar-refractivity contribution >= 4 is 23.0 Å². The van der Waals surface area contributed by atoms with Gasteiger partial charge in [-0.25, -0.2) is 4.79 Å². The summed E-state index contributed by atoms with van der Waals surface area (Å²) in [5.41, 5.74) is 5.30. The van der Waals surface area contributed by atoms with Crippen molar-refractivity contribution in [3.05, 3.63) is 70.8 Å². The fourth-order valence-corrected chi connectivity index (χ4v) is 4.65. The molecule has 0 saturated heterocycles. The maximum atomic E-state index is 12.2. The number of hydrogen-bond donors (Lipinski definition) is 1. The summed E-state index contributed by atoms with van der Waals surface area (Å²) < 4.78 is 0. The van der Waals surface area contributed by atoms with Crippen LogP contribution in [0.4, 0.5) is 0 Å². The summed E-state index contributed by atoms with van der Waals surface area (Å²) in [5.74, 6) is -0.957. The highest BCUT2D eigenvalue weighted by Crippen LogP contribution is 2.47. The lowest BCUT2D eigenvalue weighted by Gasteiger charge is -2.42. The Morgan fingerprint density at radius 1 is 0.897 bits per heavy atom. The fraction of sp³-hybridized carbons (Fsp3) is 0.308. The third kappa shape index (κ3) is 3.15. The molecule has 0 unspecified atom stereocenters. The van der Waals surface area contributed by atoms with E-state index in [1.807, 2.05) is 12.1 Å². The van der Waals surface area contributed by atoms with Crippen molar-refractivity contribution < 1.29 is 14.7 Å². The summed E-state index contributed by atoms with van der Waals surface area (Å²) >= 11 is 0. The molecular weight excluding hydrogens is 360 g/mol. The molecule has 3 aromatic rings. The van der Waals surface area contributed by atoms with E-state index >= 15 is 0 Å². The number of carboxylic acids is 1. The van der Waals surface area contributed by atoms with Gasteiger partial charge in [-0.1, -0.05) is 70.2 Å². The molecule has 0 fully saturated rings. The molecule has 0 amide bonds. The van der Waals surface area contributed by atoms with E-state index in [2.05, 4.69) is 45.9 Å². The number of aromatic carboxylic acids is 1. The van der Waals surface area contributed by atoms with Gasteiger partial charge in [0.15, 0.2) is 0 Å². The van der Waals surface area contributed by atoms with Gasteiger partial charge < -0.3 is 5.11 Å². The Kier molecular flexibility index (Phi) is 4.38. The highest BCUT2D eigenvalue weighted by Gasteiger charge is 2.37. The predicted octanol–water partition coefficient (Wildman–Crippen LogP) is 6.37. The van der Waals surface area contributed by atoms with Crippen LogP contribution in [0.25, 0.3) is 21.9 Å². The van der Waals surface area contributed by atoms with Gasteiger partial charge in [-0.15, -0.1) is 0 Å². The Bertz CT molecular complexity index is 1150. The van der Waals surface area contributed by atoms with Gasteiger partial charge in [-0.05, 0) is 62.8 Å². The number of carbonyl (C=O) groups excluding carboxylic acids is 1. The van der Waals surface area contributed by atoms with Crippen LogP contribution in [0.15, 0.2) is 48.5 Å². The van der Waals surface area contributed by atoms with E-state index in [0.717, 1.165) is 30.1 Å². The average Bonchev–Trinajstić information content (AvgIpc) is 2.69. The Labute approximate surface area is 171 Å². The molecule has 0 aliphatic heterocycles. The summed E-state index contributed by atoms with van der Waals surface area (Å²) in [4.78, 5) is 23.3. The number of carbonyl (C=O) groups is 2. The molecule has 0 heterocycles. The van der Waals surface area contributed by atoms with E-state index in [9.17, 15) is 14.7 Å². The molecule has 3 nitrogen and oxygen atoms in total. The van der Waals surface area contributed by atoms with Crippen molar-refractivity contribution in [2.24, 2.45) is 0 Å². The number of aldehydes is 1. The zero-order valence-corrected chi connectivity index (χ0v) is 17.4. The fourth-order valence-electron chi connectivity index (χ4n) is 4.65. The number of fused-ring (bicyclic) bond motifs is 2. The number of benzene rings is 3. The molecule has 4 rings (SSSR count). The number of hydrogen-bond acceptors (Lipinski definition) is 2. The first-order valence-electron chi connectivity index (χ1n) is 10.0. The molecule has 1 N–H and O–H groups in total. The Hall–Kier alpha value is -2.94. The van der Waals surface area contributed by atoms with Crippen molar-refractivity contribution in [3.63, 3.8) is 0 Å². The summed E-state index contributed by atoms with van der Waals surface area (Å²) in [6.07, 6.45) is 3.03. The molecule has 1 aliphatic rings. The Morgan fingerprint density at radius 2 is 1.59 bits per heavy atom. The monoisotopic (exact) mass is 386 g/mol. The summed E-state index contributed by atoms with van der Waals surface area (Å²) in [7, 11) is 0. The van der Waals surface area contributed by atoms with Crippen LogP contribution in [0, 0.1) is 0 Å². The standard InChI is InChI=1S/C26H26O3/c1-25(2)11-12-26(3,4)22-14-18(7-10-21(22)25)20-9-6-17-13-16(15-27)5-8-19(17)23(20)24(28)29/h5-10,13-15H,11-12H2,1-4H3,(H,28,29). The lowest BCUT2D eigenvalue weighted by molar-refractivity contribution is 0.0699. The van der Waals surface area contributed by atoms with Gasteiger partial charge in [0, 0.05) is 5.56 Å². The van der Waals surface area contributed by atoms with Crippen molar-refractivity contribution in [1.29, 1.82) is 0 Å². The van der Waals surface area contributed by atoms with Crippen LogP contribution in [-0.2, 0) is 10.8 Å². The topological polar surface area (TPSA) is 54.4 Å². The summed E-state index contributed by atoms with van der Waals surface area (Å²) in [6, 6.07) is 15.3. The van der Waals surface area contributed by atoms with Gasteiger partial charge in [0.2, 0.25) is 0 Å². The average molecular weight is 386 g/mol. The molecule has 0 spiro atoms. The van der Waals surface area contributed by atoms with E-state index in [4.69, 9.17) is 0 Å². The molecule has 3 aromatic carbocycles. The van der Waals surface area contributed by atoms with Crippen molar-refractivity contribution in [2.75, 3.05) is 0 Å². The van der Waals surface area contributed by atoms with Crippen molar-refractivity contribution in [2.45, 2.75) is 51.4 Å². The molecule has 3 heteroatoms. The van der Waals surface area contributed by atoms with Crippen LogP contribution < -0.4 is 0 Å². The lowest BCUT2D eigenvalue weighted by atomic mass is 9.63. The van der Waals surface area contributed by atoms with Gasteiger partial charge in [-0.3, -0.25) is 4.79 Å². The van der Waals surface area contributed by atoms with Crippen molar-refractivity contribution in [3.8, 4) is 11.1 Å². The zero-order chi connectivity index (χ0) is 21.0.